The van der Waals surface area contributed by atoms with Crippen molar-refractivity contribution in [1.82, 2.24) is 5.32 Å². The quantitative estimate of drug-likeness (QED) is 0.785. The summed E-state index contributed by atoms with van der Waals surface area (Å²) in [5, 5.41) is 3.12. The van der Waals surface area contributed by atoms with Gasteiger partial charge in [-0.2, -0.15) is 0 Å². The zero-order valence-corrected chi connectivity index (χ0v) is 9.56. The van der Waals surface area contributed by atoms with Crippen LogP contribution in [0.4, 0.5) is 8.78 Å². The van der Waals surface area contributed by atoms with Crippen LogP contribution in [-0.2, 0) is 17.9 Å². The third-order valence-electron chi connectivity index (χ3n) is 2.12. The van der Waals surface area contributed by atoms with E-state index < -0.39 is 13.0 Å². The number of alkyl halides is 2. The van der Waals surface area contributed by atoms with Gasteiger partial charge in [-0.05, 0) is 19.5 Å². The van der Waals surface area contributed by atoms with Gasteiger partial charge in [0, 0.05) is 5.56 Å². The van der Waals surface area contributed by atoms with Gasteiger partial charge in [0.15, 0.2) is 0 Å². The fraction of sp³-hybridized carbons (Fsp3) is 0.636. The molecule has 0 atom stereocenters. The molecule has 0 aliphatic heterocycles. The van der Waals surface area contributed by atoms with Gasteiger partial charge >= 0.3 is 0 Å². The van der Waals surface area contributed by atoms with E-state index in [-0.39, 0.29) is 6.61 Å². The average Bonchev–Trinajstić information content (AvgIpc) is 2.56. The first-order valence-corrected chi connectivity index (χ1v) is 5.28. The second kappa shape index (κ2) is 6.60. The lowest BCUT2D eigenvalue weighted by molar-refractivity contribution is 0.00953. The Hall–Kier alpha value is -0.940. The van der Waals surface area contributed by atoms with Crippen LogP contribution in [0.3, 0.4) is 0 Å². The lowest BCUT2D eigenvalue weighted by atomic mass is 10.2. The maximum Gasteiger partial charge on any atom is 0.261 e. The van der Waals surface area contributed by atoms with Crippen molar-refractivity contribution in [3.8, 4) is 0 Å². The van der Waals surface area contributed by atoms with Crippen LogP contribution in [0.25, 0.3) is 0 Å². The molecule has 0 unspecified atom stereocenters. The molecule has 1 rings (SSSR count). The van der Waals surface area contributed by atoms with Crippen LogP contribution in [0.15, 0.2) is 10.5 Å². The monoisotopic (exact) mass is 233 g/mol. The number of hydrogen-bond donors (Lipinski definition) is 1. The zero-order valence-electron chi connectivity index (χ0n) is 9.56. The highest BCUT2D eigenvalue weighted by Crippen LogP contribution is 2.15. The predicted molar refractivity (Wildman–Crippen MR) is 56.5 cm³/mol. The zero-order chi connectivity index (χ0) is 12.0. The van der Waals surface area contributed by atoms with Crippen molar-refractivity contribution in [2.45, 2.75) is 33.4 Å². The molecule has 1 aromatic heterocycles. The Balaban J connectivity index is 2.43. The Morgan fingerprint density at radius 1 is 1.50 bits per heavy atom. The van der Waals surface area contributed by atoms with Crippen molar-refractivity contribution >= 4 is 0 Å². The number of nitrogens with one attached hydrogen (secondary N) is 1. The van der Waals surface area contributed by atoms with Gasteiger partial charge in [-0.15, -0.1) is 0 Å². The summed E-state index contributed by atoms with van der Waals surface area (Å²) in [6.45, 7) is 4.95. The molecule has 1 heterocycles. The maximum atomic E-state index is 11.9. The van der Waals surface area contributed by atoms with Gasteiger partial charge in [0.05, 0.1) is 13.2 Å². The molecule has 1 aromatic rings. The highest BCUT2D eigenvalue weighted by molar-refractivity contribution is 5.19. The van der Waals surface area contributed by atoms with Crippen molar-refractivity contribution in [2.75, 3.05) is 13.2 Å². The van der Waals surface area contributed by atoms with E-state index in [1.807, 2.05) is 13.0 Å². The number of hydrogen-bond acceptors (Lipinski definition) is 3. The Morgan fingerprint density at radius 3 is 2.88 bits per heavy atom. The summed E-state index contributed by atoms with van der Waals surface area (Å²) in [6, 6.07) is 1.84. The summed E-state index contributed by atoms with van der Waals surface area (Å²) >= 11 is 0. The number of aryl methyl sites for hydroxylation is 1. The number of halogens is 2. The SMILES string of the molecule is CCNCc1cc(COCC(F)F)c(C)o1. The van der Waals surface area contributed by atoms with Gasteiger partial charge in [0.25, 0.3) is 6.43 Å². The standard InChI is InChI=1S/C11H17F2NO2/c1-3-14-5-10-4-9(8(2)16-10)6-15-7-11(12)13/h4,11,14H,3,5-7H2,1-2H3. The first-order chi connectivity index (χ1) is 7.63. The predicted octanol–water partition coefficient (Wildman–Crippen LogP) is 2.48. The van der Waals surface area contributed by atoms with Gasteiger partial charge in [-0.3, -0.25) is 0 Å². The van der Waals surface area contributed by atoms with Crippen molar-refractivity contribution < 1.29 is 17.9 Å². The fourth-order valence-electron chi connectivity index (χ4n) is 1.32. The molecule has 0 fully saturated rings. The molecule has 0 saturated carbocycles. The molecule has 0 radical (unpaired) electrons. The molecule has 5 heteroatoms. The number of ether oxygens (including phenoxy) is 1. The third kappa shape index (κ3) is 4.28. The molecule has 3 nitrogen and oxygen atoms in total. The lowest BCUT2D eigenvalue weighted by Gasteiger charge is -2.01. The molecule has 16 heavy (non-hydrogen) atoms. The fourth-order valence-corrected chi connectivity index (χ4v) is 1.32. The van der Waals surface area contributed by atoms with E-state index >= 15 is 0 Å². The Morgan fingerprint density at radius 2 is 2.25 bits per heavy atom. The molecule has 0 saturated heterocycles. The van der Waals surface area contributed by atoms with E-state index in [0.29, 0.717) is 6.54 Å². The normalized spacial score (nSPS) is 11.3. The number of furan rings is 1. The van der Waals surface area contributed by atoms with Gasteiger partial charge < -0.3 is 14.5 Å². The van der Waals surface area contributed by atoms with Crippen LogP contribution in [-0.4, -0.2) is 19.6 Å². The van der Waals surface area contributed by atoms with Crippen molar-refractivity contribution in [3.05, 3.63) is 23.2 Å². The molecular formula is C11H17F2NO2. The van der Waals surface area contributed by atoms with Crippen LogP contribution >= 0.6 is 0 Å². The highest BCUT2D eigenvalue weighted by Gasteiger charge is 2.08. The second-order valence-electron chi connectivity index (χ2n) is 3.48. The number of rotatable bonds is 7. The Kier molecular flexibility index (Phi) is 5.42. The largest absolute Gasteiger partial charge is 0.465 e. The molecule has 0 aliphatic rings. The lowest BCUT2D eigenvalue weighted by Crippen LogP contribution is -2.10. The average molecular weight is 233 g/mol. The minimum absolute atomic E-state index is 0.172. The molecule has 0 amide bonds. The molecule has 92 valence electrons. The van der Waals surface area contributed by atoms with Crippen molar-refractivity contribution in [3.63, 3.8) is 0 Å². The summed E-state index contributed by atoms with van der Waals surface area (Å²) in [5.41, 5.74) is 0.827. The molecular weight excluding hydrogens is 216 g/mol. The van der Waals surface area contributed by atoms with E-state index in [1.165, 1.54) is 0 Å². The van der Waals surface area contributed by atoms with E-state index in [4.69, 9.17) is 9.15 Å². The van der Waals surface area contributed by atoms with Gasteiger partial charge in [0.1, 0.15) is 18.1 Å². The third-order valence-corrected chi connectivity index (χ3v) is 2.12. The molecule has 0 bridgehead atoms. The van der Waals surface area contributed by atoms with Crippen LogP contribution in [0.1, 0.15) is 24.0 Å². The summed E-state index contributed by atoms with van der Waals surface area (Å²) < 4.78 is 34.0. The van der Waals surface area contributed by atoms with Crippen molar-refractivity contribution in [1.29, 1.82) is 0 Å². The van der Waals surface area contributed by atoms with Crippen LogP contribution in [0.5, 0.6) is 0 Å². The van der Waals surface area contributed by atoms with Crippen molar-refractivity contribution in [2.24, 2.45) is 0 Å². The molecule has 1 N–H and O–H groups in total. The Bertz CT molecular complexity index is 313. The topological polar surface area (TPSA) is 34.4 Å². The minimum atomic E-state index is -2.42. The Labute approximate surface area is 93.8 Å². The molecule has 0 aliphatic carbocycles. The molecule has 0 spiro atoms. The van der Waals surface area contributed by atoms with E-state index in [9.17, 15) is 8.78 Å². The van der Waals surface area contributed by atoms with E-state index in [1.54, 1.807) is 6.92 Å². The van der Waals surface area contributed by atoms with Crippen LogP contribution in [0.2, 0.25) is 0 Å². The first kappa shape index (κ1) is 13.1. The van der Waals surface area contributed by atoms with Crippen LogP contribution < -0.4 is 5.32 Å². The van der Waals surface area contributed by atoms with Gasteiger partial charge in [-0.1, -0.05) is 6.92 Å². The summed E-state index contributed by atoms with van der Waals surface area (Å²) in [6.07, 6.45) is -2.42. The van der Waals surface area contributed by atoms with Crippen LogP contribution in [0, 0.1) is 6.92 Å². The van der Waals surface area contributed by atoms with E-state index in [0.717, 1.165) is 23.6 Å². The molecule has 0 aromatic carbocycles. The minimum Gasteiger partial charge on any atom is -0.465 e. The summed E-state index contributed by atoms with van der Waals surface area (Å²) in [7, 11) is 0. The second-order valence-corrected chi connectivity index (χ2v) is 3.48. The van der Waals surface area contributed by atoms with E-state index in [2.05, 4.69) is 5.32 Å². The smallest absolute Gasteiger partial charge is 0.261 e. The van der Waals surface area contributed by atoms with Gasteiger partial charge in [0.2, 0.25) is 0 Å². The van der Waals surface area contributed by atoms with Gasteiger partial charge in [-0.25, -0.2) is 8.78 Å². The highest BCUT2D eigenvalue weighted by atomic mass is 19.3. The first-order valence-electron chi connectivity index (χ1n) is 5.28. The maximum absolute atomic E-state index is 11.9. The summed E-state index contributed by atoms with van der Waals surface area (Å²) in [4.78, 5) is 0. The summed E-state index contributed by atoms with van der Waals surface area (Å²) in [5.74, 6) is 1.53.